The number of rotatable bonds is 6. The van der Waals surface area contributed by atoms with Crippen LogP contribution in [0.15, 0.2) is 47.1 Å². The molecule has 1 saturated heterocycles. The number of ether oxygens (including phenoxy) is 1. The minimum atomic E-state index is -0.193. The van der Waals surface area contributed by atoms with Crippen LogP contribution in [0.1, 0.15) is 17.4 Å². The summed E-state index contributed by atoms with van der Waals surface area (Å²) in [6.45, 7) is 4.59. The molecule has 0 radical (unpaired) electrons. The number of benzene rings is 1. The fraction of sp³-hybridized carbons (Fsp3) is 0.412. The predicted molar refractivity (Wildman–Crippen MR) is 81.9 cm³/mol. The molecular formula is C17H21FN2O2. The number of nitrogens with one attached hydrogen (secondary N) is 1. The van der Waals surface area contributed by atoms with E-state index in [1.807, 2.05) is 18.2 Å². The normalized spacial score (nSPS) is 17.5. The highest BCUT2D eigenvalue weighted by atomic mass is 19.1. The van der Waals surface area contributed by atoms with Gasteiger partial charge in [0.25, 0.3) is 0 Å². The van der Waals surface area contributed by atoms with E-state index in [9.17, 15) is 4.39 Å². The Bertz CT molecular complexity index is 568. The van der Waals surface area contributed by atoms with Gasteiger partial charge in [-0.25, -0.2) is 4.39 Å². The van der Waals surface area contributed by atoms with Crippen LogP contribution in [-0.2, 0) is 11.3 Å². The van der Waals surface area contributed by atoms with Gasteiger partial charge < -0.3 is 14.5 Å². The molecule has 118 valence electrons. The van der Waals surface area contributed by atoms with Crippen LogP contribution in [0, 0.1) is 5.82 Å². The van der Waals surface area contributed by atoms with Gasteiger partial charge in [-0.05, 0) is 29.8 Å². The third-order valence-electron chi connectivity index (χ3n) is 3.94. The highest BCUT2D eigenvalue weighted by Gasteiger charge is 2.22. The van der Waals surface area contributed by atoms with Crippen LogP contribution in [0.4, 0.5) is 4.39 Å². The molecule has 3 rings (SSSR count). The SMILES string of the molecule is Fc1cccc(C(CNCc2ccco2)N2CCOCC2)c1. The highest BCUT2D eigenvalue weighted by molar-refractivity contribution is 5.21. The summed E-state index contributed by atoms with van der Waals surface area (Å²) in [5, 5.41) is 3.40. The zero-order chi connectivity index (χ0) is 15.2. The second-order valence-corrected chi connectivity index (χ2v) is 5.43. The second kappa shape index (κ2) is 7.54. The first-order valence-electron chi connectivity index (χ1n) is 7.63. The molecule has 1 unspecified atom stereocenters. The van der Waals surface area contributed by atoms with Crippen molar-refractivity contribution in [2.45, 2.75) is 12.6 Å². The second-order valence-electron chi connectivity index (χ2n) is 5.43. The van der Waals surface area contributed by atoms with Gasteiger partial charge in [-0.3, -0.25) is 4.90 Å². The van der Waals surface area contributed by atoms with Crippen molar-refractivity contribution in [2.75, 3.05) is 32.8 Å². The van der Waals surface area contributed by atoms with Gasteiger partial charge >= 0.3 is 0 Å². The molecule has 0 amide bonds. The van der Waals surface area contributed by atoms with Crippen LogP contribution in [0.2, 0.25) is 0 Å². The van der Waals surface area contributed by atoms with Crippen LogP contribution in [0.5, 0.6) is 0 Å². The fourth-order valence-electron chi connectivity index (χ4n) is 2.81. The Balaban J connectivity index is 1.67. The molecule has 1 aromatic carbocycles. The maximum atomic E-state index is 13.6. The van der Waals surface area contributed by atoms with Crippen molar-refractivity contribution >= 4 is 0 Å². The maximum absolute atomic E-state index is 13.6. The Labute approximate surface area is 129 Å². The molecule has 0 saturated carbocycles. The summed E-state index contributed by atoms with van der Waals surface area (Å²) in [6.07, 6.45) is 1.67. The van der Waals surface area contributed by atoms with Crippen LogP contribution < -0.4 is 5.32 Å². The Hall–Kier alpha value is -1.69. The van der Waals surface area contributed by atoms with Gasteiger partial charge in [-0.1, -0.05) is 12.1 Å². The molecule has 0 aliphatic carbocycles. The molecule has 1 N–H and O–H groups in total. The Kier molecular flexibility index (Phi) is 5.21. The van der Waals surface area contributed by atoms with Crippen molar-refractivity contribution in [3.05, 3.63) is 59.8 Å². The number of morpholine rings is 1. The predicted octanol–water partition coefficient (Wildman–Crippen LogP) is 2.58. The van der Waals surface area contributed by atoms with Crippen molar-refractivity contribution in [1.82, 2.24) is 10.2 Å². The molecule has 5 heteroatoms. The van der Waals surface area contributed by atoms with Crippen LogP contribution in [0.25, 0.3) is 0 Å². The zero-order valence-electron chi connectivity index (χ0n) is 12.5. The van der Waals surface area contributed by atoms with Gasteiger partial charge in [-0.15, -0.1) is 0 Å². The number of hydrogen-bond donors (Lipinski definition) is 1. The van der Waals surface area contributed by atoms with Crippen molar-refractivity contribution in [1.29, 1.82) is 0 Å². The molecule has 1 fully saturated rings. The first-order chi connectivity index (χ1) is 10.8. The summed E-state index contributed by atoms with van der Waals surface area (Å²) in [4.78, 5) is 2.34. The van der Waals surface area contributed by atoms with Gasteiger partial charge in [0.1, 0.15) is 11.6 Å². The maximum Gasteiger partial charge on any atom is 0.123 e. The minimum absolute atomic E-state index is 0.134. The van der Waals surface area contributed by atoms with E-state index in [0.29, 0.717) is 6.54 Å². The minimum Gasteiger partial charge on any atom is -0.468 e. The molecule has 1 atom stereocenters. The van der Waals surface area contributed by atoms with Gasteiger partial charge in [-0.2, -0.15) is 0 Å². The Morgan fingerprint density at radius 2 is 2.05 bits per heavy atom. The standard InChI is InChI=1S/C17H21FN2O2/c18-15-4-1-3-14(11-15)17(20-6-9-21-10-7-20)13-19-12-16-5-2-8-22-16/h1-5,8,11,17,19H,6-7,9-10,12-13H2. The van der Waals surface area contributed by atoms with Crippen molar-refractivity contribution in [2.24, 2.45) is 0 Å². The molecule has 1 aliphatic rings. The largest absolute Gasteiger partial charge is 0.468 e. The number of halogens is 1. The molecule has 22 heavy (non-hydrogen) atoms. The lowest BCUT2D eigenvalue weighted by Gasteiger charge is -2.35. The van der Waals surface area contributed by atoms with Gasteiger partial charge in [0.05, 0.1) is 26.0 Å². The Morgan fingerprint density at radius 3 is 2.77 bits per heavy atom. The average molecular weight is 304 g/mol. The molecule has 0 spiro atoms. The molecule has 1 aromatic heterocycles. The Morgan fingerprint density at radius 1 is 1.18 bits per heavy atom. The number of nitrogens with zero attached hydrogens (tertiary/aromatic N) is 1. The van der Waals surface area contributed by atoms with Crippen molar-refractivity contribution < 1.29 is 13.5 Å². The molecule has 1 aliphatic heterocycles. The zero-order valence-corrected chi connectivity index (χ0v) is 12.5. The van der Waals surface area contributed by atoms with E-state index in [1.54, 1.807) is 18.4 Å². The lowest BCUT2D eigenvalue weighted by molar-refractivity contribution is 0.0159. The summed E-state index contributed by atoms with van der Waals surface area (Å²) in [7, 11) is 0. The third-order valence-corrected chi connectivity index (χ3v) is 3.94. The van der Waals surface area contributed by atoms with E-state index in [-0.39, 0.29) is 11.9 Å². The summed E-state index contributed by atoms with van der Waals surface area (Å²) < 4.78 is 24.3. The quantitative estimate of drug-likeness (QED) is 0.890. The molecule has 2 aromatic rings. The molecule has 4 nitrogen and oxygen atoms in total. The third kappa shape index (κ3) is 3.94. The first-order valence-corrected chi connectivity index (χ1v) is 7.63. The van der Waals surface area contributed by atoms with Gasteiger partial charge in [0.15, 0.2) is 0 Å². The van der Waals surface area contributed by atoms with E-state index in [0.717, 1.165) is 44.2 Å². The van der Waals surface area contributed by atoms with Gasteiger partial charge in [0, 0.05) is 25.7 Å². The molecular weight excluding hydrogens is 283 g/mol. The molecule has 0 bridgehead atoms. The summed E-state index contributed by atoms with van der Waals surface area (Å²) in [5.74, 6) is 0.710. The fourth-order valence-corrected chi connectivity index (χ4v) is 2.81. The topological polar surface area (TPSA) is 37.6 Å². The average Bonchev–Trinajstić information content (AvgIpc) is 3.06. The first kappa shape index (κ1) is 15.2. The van der Waals surface area contributed by atoms with Crippen LogP contribution in [-0.4, -0.2) is 37.7 Å². The van der Waals surface area contributed by atoms with E-state index >= 15 is 0 Å². The van der Waals surface area contributed by atoms with Crippen LogP contribution in [0.3, 0.4) is 0 Å². The smallest absolute Gasteiger partial charge is 0.123 e. The lowest BCUT2D eigenvalue weighted by Crippen LogP contribution is -2.42. The highest BCUT2D eigenvalue weighted by Crippen LogP contribution is 2.22. The van der Waals surface area contributed by atoms with Crippen LogP contribution >= 0.6 is 0 Å². The van der Waals surface area contributed by atoms with Crippen molar-refractivity contribution in [3.8, 4) is 0 Å². The monoisotopic (exact) mass is 304 g/mol. The summed E-state index contributed by atoms with van der Waals surface area (Å²) in [5.41, 5.74) is 0.994. The van der Waals surface area contributed by atoms with Gasteiger partial charge in [0.2, 0.25) is 0 Å². The van der Waals surface area contributed by atoms with Crippen molar-refractivity contribution in [3.63, 3.8) is 0 Å². The molecule has 2 heterocycles. The summed E-state index contributed by atoms with van der Waals surface area (Å²) in [6, 6.07) is 10.8. The van der Waals surface area contributed by atoms with E-state index in [2.05, 4.69) is 10.2 Å². The number of furan rings is 1. The summed E-state index contributed by atoms with van der Waals surface area (Å²) >= 11 is 0. The van der Waals surface area contributed by atoms with E-state index in [1.165, 1.54) is 6.07 Å². The lowest BCUT2D eigenvalue weighted by atomic mass is 10.0. The number of hydrogen-bond acceptors (Lipinski definition) is 4. The van der Waals surface area contributed by atoms with E-state index < -0.39 is 0 Å². The van der Waals surface area contributed by atoms with E-state index in [4.69, 9.17) is 9.15 Å².